The molecule has 1 heterocycles. The first-order valence-corrected chi connectivity index (χ1v) is 7.80. The second kappa shape index (κ2) is 7.71. The van der Waals surface area contributed by atoms with Crippen LogP contribution in [0, 0.1) is 0 Å². The number of hydrogen-bond acceptors (Lipinski definition) is 3. The van der Waals surface area contributed by atoms with E-state index in [4.69, 9.17) is 4.42 Å². The van der Waals surface area contributed by atoms with Gasteiger partial charge in [-0.2, -0.15) is 0 Å². The first-order chi connectivity index (χ1) is 9.31. The van der Waals surface area contributed by atoms with Gasteiger partial charge in [-0.1, -0.05) is 6.92 Å². The zero-order valence-electron chi connectivity index (χ0n) is 12.4. The van der Waals surface area contributed by atoms with E-state index in [-0.39, 0.29) is 0 Å². The fraction of sp³-hybridized carbons (Fsp3) is 0.750. The Hall–Kier alpha value is -0.800. The van der Waals surface area contributed by atoms with Gasteiger partial charge in [0.2, 0.25) is 0 Å². The summed E-state index contributed by atoms with van der Waals surface area (Å²) in [5.74, 6) is 1.10. The third kappa shape index (κ3) is 5.00. The topological polar surface area (TPSA) is 28.4 Å². The Morgan fingerprint density at radius 3 is 2.89 bits per heavy atom. The Labute approximate surface area is 117 Å². The number of nitrogens with one attached hydrogen (secondary N) is 1. The molecular weight excluding hydrogens is 236 g/mol. The summed E-state index contributed by atoms with van der Waals surface area (Å²) in [6, 6.07) is 5.52. The van der Waals surface area contributed by atoms with Gasteiger partial charge >= 0.3 is 0 Å². The summed E-state index contributed by atoms with van der Waals surface area (Å²) in [6.45, 7) is 7.85. The zero-order valence-corrected chi connectivity index (χ0v) is 12.4. The van der Waals surface area contributed by atoms with Crippen molar-refractivity contribution in [2.24, 2.45) is 0 Å². The van der Waals surface area contributed by atoms with Gasteiger partial charge in [0.25, 0.3) is 0 Å². The molecule has 1 aliphatic rings. The SMILES string of the molecule is CCCNCCCC(C)N(Cc1ccco1)C1CC1. The average molecular weight is 264 g/mol. The molecule has 1 aromatic rings. The van der Waals surface area contributed by atoms with E-state index in [9.17, 15) is 0 Å². The van der Waals surface area contributed by atoms with Crippen LogP contribution in [0.2, 0.25) is 0 Å². The van der Waals surface area contributed by atoms with Crippen LogP contribution in [-0.2, 0) is 6.54 Å². The second-order valence-electron chi connectivity index (χ2n) is 5.72. The van der Waals surface area contributed by atoms with Crippen molar-refractivity contribution in [3.8, 4) is 0 Å². The van der Waals surface area contributed by atoms with Crippen molar-refractivity contribution < 1.29 is 4.42 Å². The molecule has 3 nitrogen and oxygen atoms in total. The average Bonchev–Trinajstić information content (AvgIpc) is 3.12. The quantitative estimate of drug-likeness (QED) is 0.656. The molecule has 0 bridgehead atoms. The molecule has 3 heteroatoms. The molecule has 2 rings (SSSR count). The van der Waals surface area contributed by atoms with E-state index in [1.54, 1.807) is 6.26 Å². The molecule has 1 unspecified atom stereocenters. The van der Waals surface area contributed by atoms with Gasteiger partial charge in [-0.25, -0.2) is 0 Å². The van der Waals surface area contributed by atoms with Gasteiger partial charge in [-0.3, -0.25) is 4.90 Å². The van der Waals surface area contributed by atoms with Crippen LogP contribution in [0.3, 0.4) is 0 Å². The van der Waals surface area contributed by atoms with Gasteiger partial charge in [0.05, 0.1) is 12.8 Å². The molecule has 1 N–H and O–H groups in total. The predicted octanol–water partition coefficient (Wildman–Crippen LogP) is 3.41. The second-order valence-corrected chi connectivity index (χ2v) is 5.72. The first kappa shape index (κ1) is 14.6. The molecule has 0 spiro atoms. The lowest BCUT2D eigenvalue weighted by molar-refractivity contribution is 0.165. The zero-order chi connectivity index (χ0) is 13.5. The van der Waals surface area contributed by atoms with Crippen LogP contribution < -0.4 is 5.32 Å². The Bertz CT molecular complexity index is 333. The highest BCUT2D eigenvalue weighted by Gasteiger charge is 2.32. The van der Waals surface area contributed by atoms with E-state index in [1.165, 1.54) is 32.1 Å². The fourth-order valence-corrected chi connectivity index (χ4v) is 2.62. The molecule has 1 aliphatic carbocycles. The van der Waals surface area contributed by atoms with E-state index >= 15 is 0 Å². The molecule has 0 aliphatic heterocycles. The van der Waals surface area contributed by atoms with Crippen LogP contribution in [0.5, 0.6) is 0 Å². The number of rotatable bonds is 10. The van der Waals surface area contributed by atoms with Crippen molar-refractivity contribution in [3.63, 3.8) is 0 Å². The fourth-order valence-electron chi connectivity index (χ4n) is 2.62. The Balaban J connectivity index is 1.72. The van der Waals surface area contributed by atoms with Crippen molar-refractivity contribution in [3.05, 3.63) is 24.2 Å². The summed E-state index contributed by atoms with van der Waals surface area (Å²) in [6.07, 6.45) is 8.26. The summed E-state index contributed by atoms with van der Waals surface area (Å²) < 4.78 is 5.50. The van der Waals surface area contributed by atoms with Crippen LogP contribution >= 0.6 is 0 Å². The van der Waals surface area contributed by atoms with Crippen molar-refractivity contribution in [2.75, 3.05) is 13.1 Å². The molecule has 1 atom stereocenters. The third-order valence-corrected chi connectivity index (χ3v) is 3.90. The number of furan rings is 1. The van der Waals surface area contributed by atoms with Crippen LogP contribution in [0.25, 0.3) is 0 Å². The van der Waals surface area contributed by atoms with E-state index in [0.717, 1.165) is 31.4 Å². The highest BCUT2D eigenvalue weighted by atomic mass is 16.3. The molecule has 1 saturated carbocycles. The van der Waals surface area contributed by atoms with Crippen molar-refractivity contribution in [2.45, 2.75) is 64.6 Å². The van der Waals surface area contributed by atoms with Crippen LogP contribution in [0.1, 0.15) is 51.7 Å². The number of nitrogens with zero attached hydrogens (tertiary/aromatic N) is 1. The van der Waals surface area contributed by atoms with Crippen molar-refractivity contribution >= 4 is 0 Å². The van der Waals surface area contributed by atoms with Gasteiger partial charge in [0.15, 0.2) is 0 Å². The van der Waals surface area contributed by atoms with Gasteiger partial charge in [-0.15, -0.1) is 0 Å². The van der Waals surface area contributed by atoms with Gasteiger partial charge in [0.1, 0.15) is 5.76 Å². The molecule has 0 radical (unpaired) electrons. The maximum Gasteiger partial charge on any atom is 0.117 e. The molecule has 1 fully saturated rings. The summed E-state index contributed by atoms with van der Waals surface area (Å²) in [7, 11) is 0. The van der Waals surface area contributed by atoms with Crippen LogP contribution in [0.4, 0.5) is 0 Å². The lowest BCUT2D eigenvalue weighted by Gasteiger charge is -2.28. The maximum atomic E-state index is 5.50. The molecule has 1 aromatic heterocycles. The summed E-state index contributed by atoms with van der Waals surface area (Å²) in [5, 5.41) is 3.48. The smallest absolute Gasteiger partial charge is 0.117 e. The number of hydrogen-bond donors (Lipinski definition) is 1. The Morgan fingerprint density at radius 2 is 2.26 bits per heavy atom. The summed E-state index contributed by atoms with van der Waals surface area (Å²) >= 11 is 0. The minimum atomic E-state index is 0.654. The van der Waals surface area contributed by atoms with Gasteiger partial charge in [0, 0.05) is 12.1 Å². The van der Waals surface area contributed by atoms with E-state index in [1.807, 2.05) is 6.07 Å². The third-order valence-electron chi connectivity index (χ3n) is 3.90. The predicted molar refractivity (Wildman–Crippen MR) is 79.1 cm³/mol. The lowest BCUT2D eigenvalue weighted by atomic mass is 10.1. The maximum absolute atomic E-state index is 5.50. The van der Waals surface area contributed by atoms with E-state index in [2.05, 4.69) is 30.1 Å². The molecule has 0 saturated heterocycles. The van der Waals surface area contributed by atoms with E-state index in [0.29, 0.717) is 6.04 Å². The largest absolute Gasteiger partial charge is 0.468 e. The molecule has 108 valence electrons. The minimum absolute atomic E-state index is 0.654. The summed E-state index contributed by atoms with van der Waals surface area (Å²) in [4.78, 5) is 2.62. The van der Waals surface area contributed by atoms with Crippen molar-refractivity contribution in [1.82, 2.24) is 10.2 Å². The monoisotopic (exact) mass is 264 g/mol. The molecule has 19 heavy (non-hydrogen) atoms. The minimum Gasteiger partial charge on any atom is -0.468 e. The van der Waals surface area contributed by atoms with Crippen LogP contribution in [-0.4, -0.2) is 30.1 Å². The molecular formula is C16H28N2O. The van der Waals surface area contributed by atoms with Gasteiger partial charge in [-0.05, 0) is 64.3 Å². The molecule has 0 amide bonds. The van der Waals surface area contributed by atoms with Crippen LogP contribution in [0.15, 0.2) is 22.8 Å². The lowest BCUT2D eigenvalue weighted by Crippen LogP contribution is -2.35. The highest BCUT2D eigenvalue weighted by Crippen LogP contribution is 2.31. The first-order valence-electron chi connectivity index (χ1n) is 7.80. The van der Waals surface area contributed by atoms with Crippen molar-refractivity contribution in [1.29, 1.82) is 0 Å². The normalized spacial score (nSPS) is 17.0. The highest BCUT2D eigenvalue weighted by molar-refractivity contribution is 5.00. The van der Waals surface area contributed by atoms with E-state index < -0.39 is 0 Å². The Kier molecular flexibility index (Phi) is 5.93. The van der Waals surface area contributed by atoms with Gasteiger partial charge < -0.3 is 9.73 Å². The Morgan fingerprint density at radius 1 is 1.42 bits per heavy atom. The molecule has 0 aromatic carbocycles. The standard InChI is InChI=1S/C16H28N2O/c1-3-10-17-11-4-6-14(2)18(15-8-9-15)13-16-7-5-12-19-16/h5,7,12,14-15,17H,3-4,6,8-11,13H2,1-2H3. The summed E-state index contributed by atoms with van der Waals surface area (Å²) in [5.41, 5.74) is 0.